The molecule has 1 rings (SSSR count). The second-order valence-corrected chi connectivity index (χ2v) is 3.83. The van der Waals surface area contributed by atoms with Gasteiger partial charge in [0, 0.05) is 0 Å². The van der Waals surface area contributed by atoms with Crippen LogP contribution in [0.2, 0.25) is 0 Å². The molecule has 0 aliphatic rings. The first-order chi connectivity index (χ1) is 7.34. The molecule has 0 saturated carbocycles. The number of carboxylic acid groups (broad SMARTS) is 1. The number of aliphatic carboxylic acids is 1. The zero-order valence-corrected chi connectivity index (χ0v) is 8.89. The molecule has 2 N–H and O–H groups in total. The van der Waals surface area contributed by atoms with Gasteiger partial charge in [-0.25, -0.2) is 4.79 Å². The molecule has 5 nitrogen and oxygen atoms in total. The molecule has 0 amide bonds. The van der Waals surface area contributed by atoms with Crippen molar-refractivity contribution in [2.24, 2.45) is 0 Å². The number of nitrogens with zero attached hydrogens (tertiary/aromatic N) is 2. The Hall–Kier alpha value is -1.38. The van der Waals surface area contributed by atoms with E-state index in [1.807, 2.05) is 0 Å². The van der Waals surface area contributed by atoms with Gasteiger partial charge in [0.2, 0.25) is 10.1 Å². The van der Waals surface area contributed by atoms with Crippen LogP contribution in [0.5, 0.6) is 0 Å². The molecular weight excluding hydrogens is 247 g/mol. The third-order valence-electron chi connectivity index (χ3n) is 1.67. The number of carbonyl (C=O) groups is 1. The summed E-state index contributed by atoms with van der Waals surface area (Å²) in [6.07, 6.45) is -4.32. The highest BCUT2D eigenvalue weighted by Crippen LogP contribution is 2.33. The quantitative estimate of drug-likeness (QED) is 0.858. The Kier molecular flexibility index (Phi) is 3.68. The fourth-order valence-corrected chi connectivity index (χ4v) is 1.55. The Labute approximate surface area is 92.3 Å². The van der Waals surface area contributed by atoms with Crippen molar-refractivity contribution in [3.63, 3.8) is 0 Å². The van der Waals surface area contributed by atoms with Crippen LogP contribution < -0.4 is 5.32 Å². The van der Waals surface area contributed by atoms with Crippen molar-refractivity contribution < 1.29 is 23.1 Å². The summed E-state index contributed by atoms with van der Waals surface area (Å²) in [6.45, 7) is 1.59. The Morgan fingerprint density at radius 3 is 2.56 bits per heavy atom. The van der Waals surface area contributed by atoms with E-state index >= 15 is 0 Å². The lowest BCUT2D eigenvalue weighted by Gasteiger charge is -2.09. The number of hydrogen-bond donors (Lipinski definition) is 2. The summed E-state index contributed by atoms with van der Waals surface area (Å²) >= 11 is 0.279. The maximum Gasteiger partial charge on any atom is 0.445 e. The number of carboxylic acids is 1. The van der Waals surface area contributed by atoms with Gasteiger partial charge in [-0.2, -0.15) is 13.2 Å². The second kappa shape index (κ2) is 4.64. The number of alkyl halides is 3. The Bertz CT molecular complexity index is 379. The molecule has 1 unspecified atom stereocenters. The Balaban J connectivity index is 2.76. The molecular formula is C7H8F3N3O2S. The zero-order valence-electron chi connectivity index (χ0n) is 8.08. The second-order valence-electron chi connectivity index (χ2n) is 2.85. The number of hydrogen-bond acceptors (Lipinski definition) is 5. The molecule has 0 aliphatic carbocycles. The largest absolute Gasteiger partial charge is 0.480 e. The van der Waals surface area contributed by atoms with Gasteiger partial charge in [0.1, 0.15) is 6.04 Å². The number of rotatable bonds is 4. The molecule has 0 bridgehead atoms. The number of halogens is 3. The molecule has 0 aromatic carbocycles. The molecule has 9 heteroatoms. The first kappa shape index (κ1) is 12.7. The van der Waals surface area contributed by atoms with Gasteiger partial charge < -0.3 is 10.4 Å². The van der Waals surface area contributed by atoms with Gasteiger partial charge >= 0.3 is 12.1 Å². The highest BCUT2D eigenvalue weighted by Gasteiger charge is 2.36. The van der Waals surface area contributed by atoms with Crippen molar-refractivity contribution in [1.29, 1.82) is 0 Å². The molecule has 0 aliphatic heterocycles. The van der Waals surface area contributed by atoms with Crippen LogP contribution in [0.15, 0.2) is 0 Å². The molecule has 0 radical (unpaired) electrons. The van der Waals surface area contributed by atoms with Crippen LogP contribution in [0, 0.1) is 0 Å². The average Bonchev–Trinajstić information content (AvgIpc) is 2.61. The molecule has 1 heterocycles. The summed E-state index contributed by atoms with van der Waals surface area (Å²) in [6, 6.07) is -0.964. The highest BCUT2D eigenvalue weighted by atomic mass is 32.1. The van der Waals surface area contributed by atoms with Gasteiger partial charge in [-0.05, 0) is 6.42 Å². The van der Waals surface area contributed by atoms with Crippen molar-refractivity contribution >= 4 is 22.4 Å². The van der Waals surface area contributed by atoms with E-state index in [9.17, 15) is 18.0 Å². The predicted octanol–water partition coefficient (Wildman–Crippen LogP) is 1.83. The van der Waals surface area contributed by atoms with Crippen LogP contribution in [0.1, 0.15) is 18.4 Å². The van der Waals surface area contributed by atoms with Crippen LogP contribution in [-0.2, 0) is 11.0 Å². The van der Waals surface area contributed by atoms with Crippen molar-refractivity contribution in [2.75, 3.05) is 5.32 Å². The molecule has 0 fully saturated rings. The molecule has 90 valence electrons. The topological polar surface area (TPSA) is 75.1 Å². The predicted molar refractivity (Wildman–Crippen MR) is 50.2 cm³/mol. The maximum absolute atomic E-state index is 12.1. The van der Waals surface area contributed by atoms with E-state index in [0.29, 0.717) is 0 Å². The van der Waals surface area contributed by atoms with Crippen molar-refractivity contribution in [1.82, 2.24) is 10.2 Å². The number of nitrogens with one attached hydrogen (secondary N) is 1. The summed E-state index contributed by atoms with van der Waals surface area (Å²) in [5, 5.41) is 15.9. The summed E-state index contributed by atoms with van der Waals surface area (Å²) < 4.78 is 36.4. The molecule has 0 spiro atoms. The summed E-state index contributed by atoms with van der Waals surface area (Å²) in [4.78, 5) is 10.6. The van der Waals surface area contributed by atoms with Crippen LogP contribution in [0.3, 0.4) is 0 Å². The van der Waals surface area contributed by atoms with Gasteiger partial charge in [-0.1, -0.05) is 18.3 Å². The van der Waals surface area contributed by atoms with E-state index in [1.54, 1.807) is 6.92 Å². The van der Waals surface area contributed by atoms with Crippen LogP contribution in [0.25, 0.3) is 0 Å². The van der Waals surface area contributed by atoms with Crippen LogP contribution in [-0.4, -0.2) is 27.3 Å². The van der Waals surface area contributed by atoms with E-state index in [0.717, 1.165) is 0 Å². The molecule has 0 saturated heterocycles. The fraction of sp³-hybridized carbons (Fsp3) is 0.571. The van der Waals surface area contributed by atoms with Gasteiger partial charge in [-0.3, -0.25) is 0 Å². The minimum Gasteiger partial charge on any atom is -0.480 e. The van der Waals surface area contributed by atoms with Gasteiger partial charge in [0.25, 0.3) is 0 Å². The van der Waals surface area contributed by atoms with Crippen molar-refractivity contribution in [2.45, 2.75) is 25.6 Å². The average molecular weight is 255 g/mol. The highest BCUT2D eigenvalue weighted by molar-refractivity contribution is 7.15. The van der Waals surface area contributed by atoms with E-state index in [-0.39, 0.29) is 22.9 Å². The lowest BCUT2D eigenvalue weighted by atomic mass is 10.2. The SMILES string of the molecule is CCC(Nc1nnc(C(F)(F)F)s1)C(=O)O. The first-order valence-corrected chi connectivity index (χ1v) is 5.06. The smallest absolute Gasteiger partial charge is 0.445 e. The van der Waals surface area contributed by atoms with Crippen LogP contribution >= 0.6 is 11.3 Å². The fourth-order valence-electron chi connectivity index (χ4n) is 0.884. The van der Waals surface area contributed by atoms with E-state index in [1.165, 1.54) is 0 Å². The van der Waals surface area contributed by atoms with Crippen molar-refractivity contribution in [3.05, 3.63) is 5.01 Å². The van der Waals surface area contributed by atoms with Crippen LogP contribution in [0.4, 0.5) is 18.3 Å². The molecule has 16 heavy (non-hydrogen) atoms. The molecule has 1 aromatic heterocycles. The number of aromatic nitrogens is 2. The van der Waals surface area contributed by atoms with Gasteiger partial charge in [-0.15, -0.1) is 10.2 Å². The maximum atomic E-state index is 12.1. The summed E-state index contributed by atoms with van der Waals surface area (Å²) in [5.41, 5.74) is 0. The normalized spacial score (nSPS) is 13.5. The summed E-state index contributed by atoms with van der Waals surface area (Å²) in [7, 11) is 0. The summed E-state index contributed by atoms with van der Waals surface area (Å²) in [5.74, 6) is -1.15. The standard InChI is InChI=1S/C7H8F3N3O2S/c1-2-3(4(14)15)11-6-13-12-5(16-6)7(8,9)10/h3H,2H2,1H3,(H,11,13)(H,14,15). The Morgan fingerprint density at radius 2 is 2.19 bits per heavy atom. The molecule has 1 atom stereocenters. The number of anilines is 1. The monoisotopic (exact) mass is 255 g/mol. The lowest BCUT2D eigenvalue weighted by Crippen LogP contribution is -2.28. The third-order valence-corrected chi connectivity index (χ3v) is 2.57. The minimum atomic E-state index is -4.55. The van der Waals surface area contributed by atoms with E-state index < -0.39 is 23.2 Å². The minimum absolute atomic E-state index is 0.151. The molecule has 1 aromatic rings. The van der Waals surface area contributed by atoms with Crippen molar-refractivity contribution in [3.8, 4) is 0 Å². The van der Waals surface area contributed by atoms with E-state index in [2.05, 4.69) is 15.5 Å². The van der Waals surface area contributed by atoms with E-state index in [4.69, 9.17) is 5.11 Å². The third kappa shape index (κ3) is 3.05. The van der Waals surface area contributed by atoms with Gasteiger partial charge in [0.15, 0.2) is 0 Å². The Morgan fingerprint density at radius 1 is 1.56 bits per heavy atom. The zero-order chi connectivity index (χ0) is 12.3. The van der Waals surface area contributed by atoms with Gasteiger partial charge in [0.05, 0.1) is 0 Å². The lowest BCUT2D eigenvalue weighted by molar-refractivity contribution is -0.138. The first-order valence-electron chi connectivity index (χ1n) is 4.24.